The molecule has 0 bridgehead atoms. The fraction of sp³-hybridized carbons (Fsp3) is 0.462. The van der Waals surface area contributed by atoms with Crippen LogP contribution in [0.2, 0.25) is 0 Å². The summed E-state index contributed by atoms with van der Waals surface area (Å²) in [5.41, 5.74) is -0.349. The lowest BCUT2D eigenvalue weighted by Gasteiger charge is -2.34. The van der Waals surface area contributed by atoms with Crippen molar-refractivity contribution >= 4 is 39.2 Å². The summed E-state index contributed by atoms with van der Waals surface area (Å²) in [4.78, 5) is 29.6. The molecule has 1 fully saturated rings. The van der Waals surface area contributed by atoms with Crippen molar-refractivity contribution in [2.45, 2.75) is 69.0 Å². The van der Waals surface area contributed by atoms with E-state index < -0.39 is 27.5 Å². The summed E-state index contributed by atoms with van der Waals surface area (Å²) < 4.78 is 34.3. The molecule has 0 unspecified atom stereocenters. The highest BCUT2D eigenvalue weighted by atomic mass is 32.2. The summed E-state index contributed by atoms with van der Waals surface area (Å²) >= 11 is 0. The lowest BCUT2D eigenvalue weighted by molar-refractivity contribution is 0.0487. The molecule has 1 aliphatic rings. The summed E-state index contributed by atoms with van der Waals surface area (Å²) in [6, 6.07) is 9.04. The van der Waals surface area contributed by atoms with Crippen molar-refractivity contribution in [1.82, 2.24) is 10.3 Å². The molecule has 1 saturated carbocycles. The zero-order valence-corrected chi connectivity index (χ0v) is 22.9. The molecular weight excluding hydrogens is 510 g/mol. The van der Waals surface area contributed by atoms with Gasteiger partial charge in [-0.05, 0) is 57.9 Å². The van der Waals surface area contributed by atoms with E-state index in [9.17, 15) is 23.3 Å². The Morgan fingerprint density at radius 3 is 2.42 bits per heavy atom. The first-order chi connectivity index (χ1) is 17.8. The Bertz CT molecular complexity index is 1350. The summed E-state index contributed by atoms with van der Waals surface area (Å²) in [6.07, 6.45) is 3.90. The minimum absolute atomic E-state index is 0.0172. The largest absolute Gasteiger partial charge is 0.465 e. The van der Waals surface area contributed by atoms with Gasteiger partial charge in [0.15, 0.2) is 9.84 Å². The maximum absolute atomic E-state index is 12.6. The fourth-order valence-corrected chi connectivity index (χ4v) is 4.84. The van der Waals surface area contributed by atoms with E-state index in [4.69, 9.17) is 9.47 Å². The second-order valence-corrected chi connectivity index (χ2v) is 12.1. The average Bonchev–Trinajstić information content (AvgIpc) is 2.83. The highest BCUT2D eigenvalue weighted by Gasteiger charge is 2.30. The van der Waals surface area contributed by atoms with Crippen LogP contribution in [-0.2, 0) is 19.3 Å². The number of sulfone groups is 1. The van der Waals surface area contributed by atoms with Gasteiger partial charge in [-0.3, -0.25) is 0 Å². The van der Waals surface area contributed by atoms with Gasteiger partial charge < -0.3 is 25.4 Å². The number of ether oxygens (including phenoxy) is 2. The molecule has 1 aromatic carbocycles. The molecule has 1 aromatic heterocycles. The van der Waals surface area contributed by atoms with E-state index in [1.165, 1.54) is 25.3 Å². The molecule has 204 valence electrons. The van der Waals surface area contributed by atoms with E-state index in [1.807, 2.05) is 6.07 Å². The number of nitrogens with one attached hydrogen (secondary N) is 3. The van der Waals surface area contributed by atoms with Crippen LogP contribution in [0.3, 0.4) is 0 Å². The van der Waals surface area contributed by atoms with E-state index in [2.05, 4.69) is 20.9 Å². The third-order valence-corrected chi connectivity index (χ3v) is 6.97. The molecular formula is C26H33N5O6S. The smallest absolute Gasteiger partial charge is 0.407 e. The van der Waals surface area contributed by atoms with Crippen molar-refractivity contribution in [3.8, 4) is 6.07 Å². The second kappa shape index (κ2) is 11.7. The zero-order valence-electron chi connectivity index (χ0n) is 22.1. The number of benzene rings is 1. The van der Waals surface area contributed by atoms with Gasteiger partial charge in [-0.25, -0.2) is 23.0 Å². The number of alkyl carbamates (subject to hydrolysis) is 1. The van der Waals surface area contributed by atoms with Crippen LogP contribution in [0, 0.1) is 11.3 Å². The number of rotatable bonds is 7. The Morgan fingerprint density at radius 1 is 1.13 bits per heavy atom. The van der Waals surface area contributed by atoms with Crippen LogP contribution in [0.5, 0.6) is 0 Å². The minimum atomic E-state index is -3.48. The number of nitrogens with zero attached hydrogens (tertiary/aromatic N) is 2. The van der Waals surface area contributed by atoms with Crippen LogP contribution < -0.4 is 16.0 Å². The van der Waals surface area contributed by atoms with Crippen LogP contribution in [0.1, 0.15) is 62.4 Å². The molecule has 12 heteroatoms. The second-order valence-electron chi connectivity index (χ2n) is 10.1. The standard InChI is InChI=1S/C26H33N5O6S/c1-26(2,3)37-25(33)30-20-12-7-6-11-19(20)29-21-13-16(15-27)22(24(32)36-4)23(31-21)28-17-9-8-10-18(14-17)38(5,34)35/h8-10,13-14,19-20H,6-7,11-12H2,1-5H3,(H,30,33)(H2,28,29,31)/t19-,20+/m1/s1. The van der Waals surface area contributed by atoms with Gasteiger partial charge in [-0.15, -0.1) is 0 Å². The number of methoxy groups -OCH3 is 1. The van der Waals surface area contributed by atoms with E-state index in [1.54, 1.807) is 32.9 Å². The molecule has 3 N–H and O–H groups in total. The Balaban J connectivity index is 1.95. The molecule has 3 rings (SSSR count). The van der Waals surface area contributed by atoms with Crippen molar-refractivity contribution in [2.75, 3.05) is 24.0 Å². The van der Waals surface area contributed by atoms with Gasteiger partial charge >= 0.3 is 12.1 Å². The molecule has 0 saturated heterocycles. The number of amides is 1. The number of aromatic nitrogens is 1. The van der Waals surface area contributed by atoms with Gasteiger partial charge in [0.05, 0.1) is 23.6 Å². The van der Waals surface area contributed by atoms with Crippen LogP contribution in [0.4, 0.5) is 22.1 Å². The molecule has 1 heterocycles. The number of carbonyl (C=O) groups excluding carboxylic acids is 2. The number of carbonyl (C=O) groups is 2. The number of esters is 1. The average molecular weight is 544 g/mol. The maximum Gasteiger partial charge on any atom is 0.407 e. The number of pyridine rings is 1. The topological polar surface area (TPSA) is 160 Å². The number of hydrogen-bond acceptors (Lipinski definition) is 10. The predicted octanol–water partition coefficient (Wildman–Crippen LogP) is 4.13. The van der Waals surface area contributed by atoms with E-state index in [0.29, 0.717) is 11.5 Å². The third-order valence-electron chi connectivity index (χ3n) is 5.86. The minimum Gasteiger partial charge on any atom is -0.465 e. The van der Waals surface area contributed by atoms with Gasteiger partial charge in [-0.1, -0.05) is 18.9 Å². The molecule has 38 heavy (non-hydrogen) atoms. The Morgan fingerprint density at radius 2 is 1.82 bits per heavy atom. The third kappa shape index (κ3) is 7.58. The summed E-state index contributed by atoms with van der Waals surface area (Å²) in [7, 11) is -2.28. The maximum atomic E-state index is 12.6. The quantitative estimate of drug-likeness (QED) is 0.433. The van der Waals surface area contributed by atoms with Crippen molar-refractivity contribution < 1.29 is 27.5 Å². The van der Waals surface area contributed by atoms with Crippen LogP contribution >= 0.6 is 0 Å². The zero-order chi connectivity index (χ0) is 28.1. The van der Waals surface area contributed by atoms with E-state index >= 15 is 0 Å². The van der Waals surface area contributed by atoms with Crippen molar-refractivity contribution in [2.24, 2.45) is 0 Å². The van der Waals surface area contributed by atoms with Gasteiger partial charge in [0.1, 0.15) is 28.9 Å². The Hall–Kier alpha value is -3.85. The van der Waals surface area contributed by atoms with Crippen molar-refractivity contribution in [3.63, 3.8) is 0 Å². The first kappa shape index (κ1) is 28.7. The van der Waals surface area contributed by atoms with E-state index in [0.717, 1.165) is 31.9 Å². The van der Waals surface area contributed by atoms with Gasteiger partial charge in [0, 0.05) is 18.0 Å². The summed E-state index contributed by atoms with van der Waals surface area (Å²) in [5, 5.41) is 19.0. The molecule has 0 aliphatic heterocycles. The first-order valence-corrected chi connectivity index (χ1v) is 14.1. The molecule has 0 spiro atoms. The highest BCUT2D eigenvalue weighted by molar-refractivity contribution is 7.90. The predicted molar refractivity (Wildman–Crippen MR) is 142 cm³/mol. The Labute approximate surface area is 222 Å². The lowest BCUT2D eigenvalue weighted by atomic mass is 9.90. The molecule has 0 radical (unpaired) electrons. The fourth-order valence-electron chi connectivity index (χ4n) is 4.17. The number of hydrogen-bond donors (Lipinski definition) is 3. The van der Waals surface area contributed by atoms with Gasteiger partial charge in [0.2, 0.25) is 0 Å². The molecule has 1 aliphatic carbocycles. The molecule has 2 atom stereocenters. The summed E-state index contributed by atoms with van der Waals surface area (Å²) in [5.74, 6) is -0.445. The van der Waals surface area contributed by atoms with Gasteiger partial charge in [0.25, 0.3) is 0 Å². The summed E-state index contributed by atoms with van der Waals surface area (Å²) in [6.45, 7) is 5.37. The first-order valence-electron chi connectivity index (χ1n) is 12.2. The SMILES string of the molecule is COC(=O)c1c(C#N)cc(N[C@@H]2CCCC[C@@H]2NC(=O)OC(C)(C)C)nc1Nc1cccc(S(C)(=O)=O)c1. The van der Waals surface area contributed by atoms with Crippen molar-refractivity contribution in [1.29, 1.82) is 5.26 Å². The van der Waals surface area contributed by atoms with Gasteiger partial charge in [-0.2, -0.15) is 5.26 Å². The molecule has 1 amide bonds. The molecule has 2 aromatic rings. The monoisotopic (exact) mass is 543 g/mol. The van der Waals surface area contributed by atoms with Crippen LogP contribution in [0.25, 0.3) is 0 Å². The number of anilines is 3. The Kier molecular flexibility index (Phi) is 8.83. The van der Waals surface area contributed by atoms with E-state index in [-0.39, 0.29) is 33.9 Å². The van der Waals surface area contributed by atoms with Crippen LogP contribution in [-0.4, -0.2) is 56.5 Å². The number of nitriles is 1. The normalized spacial score (nSPS) is 17.6. The lowest BCUT2D eigenvalue weighted by Crippen LogP contribution is -2.49. The molecule has 11 nitrogen and oxygen atoms in total. The van der Waals surface area contributed by atoms with Crippen LogP contribution in [0.15, 0.2) is 35.2 Å². The highest BCUT2D eigenvalue weighted by Crippen LogP contribution is 2.29. The van der Waals surface area contributed by atoms with Crippen molar-refractivity contribution in [3.05, 3.63) is 41.5 Å².